The van der Waals surface area contributed by atoms with Crippen molar-refractivity contribution in [2.45, 2.75) is 18.2 Å². The predicted octanol–water partition coefficient (Wildman–Crippen LogP) is 1.38. The SMILES string of the molecule is CCC([S])[Si](OC)(OC)OC. The Bertz CT molecular complexity index is 99.7. The Morgan fingerprint density at radius 3 is 1.64 bits per heavy atom. The van der Waals surface area contributed by atoms with Gasteiger partial charge in [-0.3, -0.25) is 0 Å². The predicted molar refractivity (Wildman–Crippen MR) is 48.5 cm³/mol. The fourth-order valence-electron chi connectivity index (χ4n) is 0.894. The van der Waals surface area contributed by atoms with Crippen LogP contribution in [0.5, 0.6) is 0 Å². The van der Waals surface area contributed by atoms with Crippen molar-refractivity contribution in [3.63, 3.8) is 0 Å². The monoisotopic (exact) mass is 195 g/mol. The largest absolute Gasteiger partial charge is 0.514 e. The first kappa shape index (κ1) is 11.4. The summed E-state index contributed by atoms with van der Waals surface area (Å²) in [5.74, 6) is 0. The Balaban J connectivity index is 4.26. The molecule has 0 aromatic rings. The minimum Gasteiger partial charge on any atom is -0.376 e. The molecule has 0 N–H and O–H groups in total. The summed E-state index contributed by atoms with van der Waals surface area (Å²) in [5.41, 5.74) is 0. The highest BCUT2D eigenvalue weighted by Crippen LogP contribution is 2.19. The summed E-state index contributed by atoms with van der Waals surface area (Å²) < 4.78 is 15.5. The van der Waals surface area contributed by atoms with E-state index in [2.05, 4.69) is 0 Å². The molecular weight excluding hydrogens is 180 g/mol. The lowest BCUT2D eigenvalue weighted by Crippen LogP contribution is -2.51. The van der Waals surface area contributed by atoms with Crippen molar-refractivity contribution in [3.05, 3.63) is 0 Å². The Morgan fingerprint density at radius 2 is 1.55 bits per heavy atom. The minimum absolute atomic E-state index is 0.0532. The molecule has 0 amide bonds. The van der Waals surface area contributed by atoms with Gasteiger partial charge in [0.15, 0.2) is 0 Å². The average Bonchev–Trinajstić information content (AvgIpc) is 2.08. The van der Waals surface area contributed by atoms with E-state index in [1.165, 1.54) is 0 Å². The topological polar surface area (TPSA) is 27.7 Å². The fourth-order valence-corrected chi connectivity index (χ4v) is 3.55. The van der Waals surface area contributed by atoms with Gasteiger partial charge in [0.05, 0.1) is 4.87 Å². The van der Waals surface area contributed by atoms with Gasteiger partial charge in [0, 0.05) is 21.3 Å². The molecule has 1 unspecified atom stereocenters. The molecule has 0 heterocycles. The maximum absolute atomic E-state index is 5.18. The Kier molecular flexibility index (Phi) is 5.37. The third-order valence-corrected chi connectivity index (χ3v) is 5.72. The Labute approximate surface area is 74.8 Å². The molecule has 0 aliphatic carbocycles. The van der Waals surface area contributed by atoms with Gasteiger partial charge in [0.1, 0.15) is 0 Å². The molecule has 1 atom stereocenters. The molecule has 5 heteroatoms. The van der Waals surface area contributed by atoms with Crippen LogP contribution >= 0.6 is 12.6 Å². The first-order valence-corrected chi connectivity index (χ1v) is 5.75. The third-order valence-electron chi connectivity index (χ3n) is 1.62. The number of hydrogen-bond acceptors (Lipinski definition) is 3. The summed E-state index contributed by atoms with van der Waals surface area (Å²) in [6.07, 6.45) is 0.830. The van der Waals surface area contributed by atoms with Crippen LogP contribution in [0.1, 0.15) is 13.3 Å². The molecule has 0 bridgehead atoms. The van der Waals surface area contributed by atoms with Gasteiger partial charge in [0.25, 0.3) is 0 Å². The van der Waals surface area contributed by atoms with Gasteiger partial charge < -0.3 is 13.3 Å². The van der Waals surface area contributed by atoms with E-state index in [-0.39, 0.29) is 4.87 Å². The smallest absolute Gasteiger partial charge is 0.376 e. The van der Waals surface area contributed by atoms with Crippen LogP contribution in [0, 0.1) is 0 Å². The van der Waals surface area contributed by atoms with E-state index >= 15 is 0 Å². The molecule has 0 aliphatic heterocycles. The molecule has 0 saturated carbocycles. The molecule has 0 spiro atoms. The maximum atomic E-state index is 5.18. The van der Waals surface area contributed by atoms with Gasteiger partial charge in [-0.2, -0.15) is 0 Å². The summed E-state index contributed by atoms with van der Waals surface area (Å²) in [6, 6.07) is 0. The van der Waals surface area contributed by atoms with Crippen molar-refractivity contribution >= 4 is 21.4 Å². The van der Waals surface area contributed by atoms with E-state index in [9.17, 15) is 0 Å². The van der Waals surface area contributed by atoms with E-state index < -0.39 is 8.80 Å². The zero-order valence-corrected chi connectivity index (χ0v) is 9.23. The second-order valence-electron chi connectivity index (χ2n) is 2.11. The minimum atomic E-state index is -2.51. The van der Waals surface area contributed by atoms with E-state index in [1.54, 1.807) is 21.3 Å². The molecule has 1 radical (unpaired) electrons. The van der Waals surface area contributed by atoms with Crippen molar-refractivity contribution in [2.24, 2.45) is 0 Å². The Hall–Kier alpha value is 0.447. The second kappa shape index (κ2) is 5.16. The van der Waals surface area contributed by atoms with Crippen LogP contribution in [0.3, 0.4) is 0 Å². The van der Waals surface area contributed by atoms with Crippen molar-refractivity contribution < 1.29 is 13.3 Å². The van der Waals surface area contributed by atoms with Gasteiger partial charge in [0.2, 0.25) is 0 Å². The lowest BCUT2D eigenvalue weighted by atomic mass is 10.6. The highest BCUT2D eigenvalue weighted by atomic mass is 32.1. The summed E-state index contributed by atoms with van der Waals surface area (Å²) in [5, 5.41) is 0. The van der Waals surface area contributed by atoms with E-state index in [0.29, 0.717) is 0 Å². The summed E-state index contributed by atoms with van der Waals surface area (Å²) >= 11 is 5.16. The average molecular weight is 195 g/mol. The first-order valence-electron chi connectivity index (χ1n) is 3.48. The zero-order valence-electron chi connectivity index (χ0n) is 7.42. The van der Waals surface area contributed by atoms with Gasteiger partial charge >= 0.3 is 8.80 Å². The van der Waals surface area contributed by atoms with Crippen molar-refractivity contribution in [1.29, 1.82) is 0 Å². The summed E-state index contributed by atoms with van der Waals surface area (Å²) in [6.45, 7) is 2.00. The van der Waals surface area contributed by atoms with E-state index in [1.807, 2.05) is 6.92 Å². The fraction of sp³-hybridized carbons (Fsp3) is 1.00. The van der Waals surface area contributed by atoms with Crippen LogP contribution in [-0.2, 0) is 13.3 Å². The van der Waals surface area contributed by atoms with Gasteiger partial charge in [-0.1, -0.05) is 19.6 Å². The molecule has 67 valence electrons. The molecule has 11 heavy (non-hydrogen) atoms. The number of hydrogen-bond donors (Lipinski definition) is 0. The van der Waals surface area contributed by atoms with Crippen LogP contribution < -0.4 is 0 Å². The summed E-state index contributed by atoms with van der Waals surface area (Å²) in [7, 11) is 2.23. The van der Waals surface area contributed by atoms with Crippen LogP contribution in [0.2, 0.25) is 0 Å². The second-order valence-corrected chi connectivity index (χ2v) is 6.23. The van der Waals surface area contributed by atoms with Crippen LogP contribution in [0.25, 0.3) is 0 Å². The molecule has 0 aromatic carbocycles. The van der Waals surface area contributed by atoms with E-state index in [0.717, 1.165) is 6.42 Å². The Morgan fingerprint density at radius 1 is 1.18 bits per heavy atom. The molecule has 0 rings (SSSR count). The highest BCUT2D eigenvalue weighted by Gasteiger charge is 2.44. The zero-order chi connectivity index (χ0) is 8.91. The van der Waals surface area contributed by atoms with Crippen LogP contribution in [-0.4, -0.2) is 35.0 Å². The van der Waals surface area contributed by atoms with Crippen LogP contribution in [0.15, 0.2) is 0 Å². The van der Waals surface area contributed by atoms with Crippen LogP contribution in [0.4, 0.5) is 0 Å². The standard InChI is InChI=1S/C6H15O3SSi/c1-5-6(10)11(7-2,8-3)9-4/h6H,5H2,1-4H3. The van der Waals surface area contributed by atoms with Gasteiger partial charge in [-0.15, -0.1) is 0 Å². The van der Waals surface area contributed by atoms with Gasteiger partial charge in [-0.25, -0.2) is 0 Å². The molecule has 0 aliphatic rings. The summed E-state index contributed by atoms with van der Waals surface area (Å²) in [4.78, 5) is -0.0532. The van der Waals surface area contributed by atoms with Gasteiger partial charge in [-0.05, 0) is 6.42 Å². The van der Waals surface area contributed by atoms with Crippen molar-refractivity contribution in [1.82, 2.24) is 0 Å². The molecule has 3 nitrogen and oxygen atoms in total. The van der Waals surface area contributed by atoms with Crippen molar-refractivity contribution in [3.8, 4) is 0 Å². The molecule has 0 aromatic heterocycles. The lowest BCUT2D eigenvalue weighted by Gasteiger charge is -2.27. The normalized spacial score (nSPS) is 15.0. The van der Waals surface area contributed by atoms with Crippen molar-refractivity contribution in [2.75, 3.05) is 21.3 Å². The molecule has 0 fully saturated rings. The third kappa shape index (κ3) is 2.45. The lowest BCUT2D eigenvalue weighted by molar-refractivity contribution is 0.121. The first-order chi connectivity index (χ1) is 5.16. The van der Waals surface area contributed by atoms with E-state index in [4.69, 9.17) is 25.9 Å². The highest BCUT2D eigenvalue weighted by molar-refractivity contribution is 7.83. The quantitative estimate of drug-likeness (QED) is 0.620. The number of rotatable bonds is 5. The molecular formula is C6H15O3SSi. The molecule has 0 saturated heterocycles. The maximum Gasteiger partial charge on any atom is 0.514 e.